The lowest BCUT2D eigenvalue weighted by Gasteiger charge is -2.11. The molecule has 0 aromatic carbocycles. The van der Waals surface area contributed by atoms with Crippen molar-refractivity contribution in [2.75, 3.05) is 0 Å². The van der Waals surface area contributed by atoms with E-state index in [2.05, 4.69) is 13.8 Å². The van der Waals surface area contributed by atoms with E-state index in [0.29, 0.717) is 12.3 Å². The molecule has 0 aromatic heterocycles. The van der Waals surface area contributed by atoms with Crippen LogP contribution in [0, 0.1) is 5.92 Å². The van der Waals surface area contributed by atoms with Crippen LogP contribution >= 0.6 is 0 Å². The molecule has 100 valence electrons. The number of carboxylic acids is 1. The van der Waals surface area contributed by atoms with E-state index in [1.807, 2.05) is 27.7 Å². The summed E-state index contributed by atoms with van der Waals surface area (Å²) in [7, 11) is 0. The van der Waals surface area contributed by atoms with Gasteiger partial charge in [-0.15, -0.1) is 0 Å². The summed E-state index contributed by atoms with van der Waals surface area (Å²) in [4.78, 5) is 10.3. The van der Waals surface area contributed by atoms with Crippen molar-refractivity contribution in [1.29, 1.82) is 0 Å². The Labute approximate surface area is 102 Å². The molecule has 0 heterocycles. The topological polar surface area (TPSA) is 37.3 Å². The number of carbonyl (C=O) groups is 1. The summed E-state index contributed by atoms with van der Waals surface area (Å²) in [5.74, 6) is -0.0361. The van der Waals surface area contributed by atoms with Crippen LogP contribution in [0.1, 0.15) is 80.1 Å². The smallest absolute Gasteiger partial charge is 0.303 e. The fourth-order valence-corrected chi connectivity index (χ4v) is 1.37. The number of hydrogen-bond acceptors (Lipinski definition) is 1. The average Bonchev–Trinajstić information content (AvgIpc) is 2.34. The molecule has 1 atom stereocenters. The quantitative estimate of drug-likeness (QED) is 0.661. The highest BCUT2D eigenvalue weighted by Gasteiger charge is 2.07. The molecule has 0 rings (SSSR count). The summed E-state index contributed by atoms with van der Waals surface area (Å²) in [6.07, 6.45) is 5.95. The lowest BCUT2D eigenvalue weighted by Crippen LogP contribution is -2.03. The third-order valence-corrected chi connectivity index (χ3v) is 2.31. The van der Waals surface area contributed by atoms with Gasteiger partial charge in [0.15, 0.2) is 0 Å². The largest absolute Gasteiger partial charge is 0.481 e. The first-order valence-electron chi connectivity index (χ1n) is 6.92. The van der Waals surface area contributed by atoms with Crippen LogP contribution in [0.3, 0.4) is 0 Å². The number of carboxylic acid groups (broad SMARTS) is 1. The molecule has 0 bridgehead atoms. The molecule has 2 nitrogen and oxygen atoms in total. The second-order valence-electron chi connectivity index (χ2n) is 3.35. The van der Waals surface area contributed by atoms with Crippen molar-refractivity contribution < 1.29 is 9.90 Å². The van der Waals surface area contributed by atoms with Crippen LogP contribution < -0.4 is 0 Å². The summed E-state index contributed by atoms with van der Waals surface area (Å²) in [5, 5.41) is 8.48. The second-order valence-corrected chi connectivity index (χ2v) is 3.35. The van der Waals surface area contributed by atoms with Gasteiger partial charge in [0, 0.05) is 6.42 Å². The lowest BCUT2D eigenvalue weighted by atomic mass is 9.94. The highest BCUT2D eigenvalue weighted by Crippen LogP contribution is 2.17. The molecular weight excluding hydrogens is 200 g/mol. The SMILES string of the molecule is CC.CC.CCCCC(CC)CCC(=O)O. The van der Waals surface area contributed by atoms with Gasteiger partial charge in [0.25, 0.3) is 0 Å². The van der Waals surface area contributed by atoms with Gasteiger partial charge in [-0.05, 0) is 12.3 Å². The molecule has 0 fully saturated rings. The maximum atomic E-state index is 10.3. The number of aliphatic carboxylic acids is 1. The predicted octanol–water partition coefficient (Wildman–Crippen LogP) is 5.12. The third-order valence-electron chi connectivity index (χ3n) is 2.31. The van der Waals surface area contributed by atoms with E-state index < -0.39 is 5.97 Å². The van der Waals surface area contributed by atoms with Crippen molar-refractivity contribution in [2.24, 2.45) is 5.92 Å². The summed E-state index contributed by atoms with van der Waals surface area (Å²) >= 11 is 0. The van der Waals surface area contributed by atoms with Gasteiger partial charge >= 0.3 is 5.97 Å². The Hall–Kier alpha value is -0.530. The fourth-order valence-electron chi connectivity index (χ4n) is 1.37. The maximum Gasteiger partial charge on any atom is 0.303 e. The van der Waals surface area contributed by atoms with Gasteiger partial charge in [-0.25, -0.2) is 0 Å². The Morgan fingerprint density at radius 2 is 1.56 bits per heavy atom. The van der Waals surface area contributed by atoms with E-state index in [9.17, 15) is 4.79 Å². The monoisotopic (exact) mass is 232 g/mol. The zero-order valence-electron chi connectivity index (χ0n) is 12.2. The van der Waals surface area contributed by atoms with Crippen LogP contribution in [0.5, 0.6) is 0 Å². The Bertz CT molecular complexity index is 122. The molecule has 0 aliphatic carbocycles. The maximum absolute atomic E-state index is 10.3. The van der Waals surface area contributed by atoms with Crippen molar-refractivity contribution in [3.63, 3.8) is 0 Å². The molecular formula is C14H32O2. The highest BCUT2D eigenvalue weighted by atomic mass is 16.4. The van der Waals surface area contributed by atoms with Gasteiger partial charge in [0.1, 0.15) is 0 Å². The Balaban J connectivity index is -0.000000376. The molecule has 0 aromatic rings. The molecule has 0 saturated carbocycles. The Morgan fingerprint density at radius 1 is 1.06 bits per heavy atom. The summed E-state index contributed by atoms with van der Waals surface area (Å²) in [6, 6.07) is 0. The molecule has 0 saturated heterocycles. The van der Waals surface area contributed by atoms with Gasteiger partial charge in [-0.3, -0.25) is 4.79 Å². The van der Waals surface area contributed by atoms with Gasteiger partial charge in [-0.2, -0.15) is 0 Å². The lowest BCUT2D eigenvalue weighted by molar-refractivity contribution is -0.137. The van der Waals surface area contributed by atoms with Crippen LogP contribution in [0.25, 0.3) is 0 Å². The van der Waals surface area contributed by atoms with E-state index >= 15 is 0 Å². The molecule has 0 amide bonds. The molecule has 0 aliphatic heterocycles. The molecule has 0 spiro atoms. The fraction of sp³-hybridized carbons (Fsp3) is 0.929. The predicted molar refractivity (Wildman–Crippen MR) is 72.9 cm³/mol. The van der Waals surface area contributed by atoms with Crippen LogP contribution in [0.15, 0.2) is 0 Å². The number of unbranched alkanes of at least 4 members (excludes halogenated alkanes) is 1. The number of hydrogen-bond donors (Lipinski definition) is 1. The third kappa shape index (κ3) is 19.1. The van der Waals surface area contributed by atoms with E-state index in [-0.39, 0.29) is 0 Å². The molecule has 0 aliphatic rings. The van der Waals surface area contributed by atoms with E-state index in [1.54, 1.807) is 0 Å². The van der Waals surface area contributed by atoms with Gasteiger partial charge < -0.3 is 5.11 Å². The van der Waals surface area contributed by atoms with Crippen molar-refractivity contribution in [2.45, 2.75) is 80.1 Å². The molecule has 0 radical (unpaired) electrons. The second kappa shape index (κ2) is 20.0. The summed E-state index contributed by atoms with van der Waals surface area (Å²) in [6.45, 7) is 12.3. The Morgan fingerprint density at radius 3 is 1.88 bits per heavy atom. The minimum Gasteiger partial charge on any atom is -0.481 e. The van der Waals surface area contributed by atoms with Crippen LogP contribution in [-0.2, 0) is 4.79 Å². The molecule has 16 heavy (non-hydrogen) atoms. The summed E-state index contributed by atoms with van der Waals surface area (Å²) < 4.78 is 0. The molecule has 1 unspecified atom stereocenters. The zero-order valence-corrected chi connectivity index (χ0v) is 12.2. The van der Waals surface area contributed by atoms with E-state index in [0.717, 1.165) is 12.8 Å². The van der Waals surface area contributed by atoms with E-state index in [1.165, 1.54) is 19.3 Å². The Kier molecular flexibility index (Phi) is 26.0. The van der Waals surface area contributed by atoms with Crippen LogP contribution in [-0.4, -0.2) is 11.1 Å². The first kappa shape index (κ1) is 20.8. The normalized spacial score (nSPS) is 10.4. The van der Waals surface area contributed by atoms with Crippen molar-refractivity contribution >= 4 is 5.97 Å². The van der Waals surface area contributed by atoms with E-state index in [4.69, 9.17) is 5.11 Å². The van der Waals surface area contributed by atoms with Crippen molar-refractivity contribution in [3.05, 3.63) is 0 Å². The van der Waals surface area contributed by atoms with Crippen LogP contribution in [0.4, 0.5) is 0 Å². The zero-order chi connectivity index (χ0) is 13.4. The average molecular weight is 232 g/mol. The first-order chi connectivity index (χ1) is 7.70. The minimum absolute atomic E-state index is 0.336. The van der Waals surface area contributed by atoms with Crippen molar-refractivity contribution in [3.8, 4) is 0 Å². The first-order valence-corrected chi connectivity index (χ1v) is 6.92. The number of rotatable bonds is 7. The standard InChI is InChI=1S/C10H20O2.2C2H6/c1-3-5-6-9(4-2)7-8-10(11)12;2*1-2/h9H,3-8H2,1-2H3,(H,11,12);2*1-2H3. The molecule has 2 heteroatoms. The van der Waals surface area contributed by atoms with Gasteiger partial charge in [-0.1, -0.05) is 67.2 Å². The minimum atomic E-state index is -0.662. The van der Waals surface area contributed by atoms with Gasteiger partial charge in [0.2, 0.25) is 0 Å². The van der Waals surface area contributed by atoms with Crippen molar-refractivity contribution in [1.82, 2.24) is 0 Å². The molecule has 1 N–H and O–H groups in total. The van der Waals surface area contributed by atoms with Crippen LogP contribution in [0.2, 0.25) is 0 Å². The summed E-state index contributed by atoms with van der Waals surface area (Å²) in [5.41, 5.74) is 0. The highest BCUT2D eigenvalue weighted by molar-refractivity contribution is 5.66. The van der Waals surface area contributed by atoms with Gasteiger partial charge in [0.05, 0.1) is 0 Å².